The number of rotatable bonds is 10. The summed E-state index contributed by atoms with van der Waals surface area (Å²) in [6.45, 7) is 10.3. The molecule has 0 bridgehead atoms. The molecule has 7 heteroatoms. The monoisotopic (exact) mass is 407 g/mol. The van der Waals surface area contributed by atoms with E-state index in [1.54, 1.807) is 6.92 Å². The van der Waals surface area contributed by atoms with Crippen LogP contribution in [-0.2, 0) is 14.3 Å². The number of carbonyl (C=O) groups is 2. The second-order valence-corrected chi connectivity index (χ2v) is 8.94. The summed E-state index contributed by atoms with van der Waals surface area (Å²) in [6, 6.07) is 1.46. The van der Waals surface area contributed by atoms with E-state index < -0.39 is 23.8 Å². The van der Waals surface area contributed by atoms with Crippen molar-refractivity contribution in [3.63, 3.8) is 0 Å². The van der Waals surface area contributed by atoms with Gasteiger partial charge in [0.05, 0.1) is 19.1 Å². The smallest absolute Gasteiger partial charge is 0.309 e. The normalized spacial score (nSPS) is 17.3. The number of aromatic hydroxyl groups is 1. The summed E-state index contributed by atoms with van der Waals surface area (Å²) in [5.74, 6) is -1.15. The molecule has 0 amide bonds. The number of hydrogen-bond donors (Lipinski definition) is 1. The number of Topliss-reactive ketones (excluding diaryl/α,β-unsaturated/α-hetero) is 1. The van der Waals surface area contributed by atoms with Crippen LogP contribution in [0.15, 0.2) is 12.3 Å². The Morgan fingerprint density at radius 3 is 2.48 bits per heavy atom. The minimum Gasteiger partial charge on any atom is -0.503 e. The second-order valence-electron chi connectivity index (χ2n) is 8.94. The zero-order valence-corrected chi connectivity index (χ0v) is 18.2. The molecule has 0 unspecified atom stereocenters. The summed E-state index contributed by atoms with van der Waals surface area (Å²) in [6.07, 6.45) is 2.95. The Balaban J connectivity index is 1.96. The molecule has 0 aliphatic heterocycles. The van der Waals surface area contributed by atoms with Crippen LogP contribution in [0.25, 0.3) is 0 Å². The van der Waals surface area contributed by atoms with Crippen LogP contribution in [0.3, 0.4) is 0 Å². The van der Waals surface area contributed by atoms with E-state index >= 15 is 0 Å². The lowest BCUT2D eigenvalue weighted by molar-refractivity contribution is -0.167. The first-order valence-corrected chi connectivity index (χ1v) is 10.1. The summed E-state index contributed by atoms with van der Waals surface area (Å²) < 4.78 is 16.7. The predicted octanol–water partition coefficient (Wildman–Crippen LogP) is 3.78. The lowest BCUT2D eigenvalue weighted by atomic mass is 9.86. The molecule has 1 fully saturated rings. The van der Waals surface area contributed by atoms with Crippen LogP contribution in [0.1, 0.15) is 64.4 Å². The van der Waals surface area contributed by atoms with Gasteiger partial charge in [-0.2, -0.15) is 0 Å². The number of esters is 1. The molecule has 1 aliphatic rings. The van der Waals surface area contributed by atoms with Gasteiger partial charge in [-0.25, -0.2) is 4.98 Å². The number of ether oxygens (including phenoxy) is 3. The van der Waals surface area contributed by atoms with E-state index in [1.165, 1.54) is 32.2 Å². The van der Waals surface area contributed by atoms with Crippen LogP contribution < -0.4 is 4.74 Å². The Hall–Kier alpha value is -2.15. The van der Waals surface area contributed by atoms with Crippen molar-refractivity contribution in [2.75, 3.05) is 13.7 Å². The van der Waals surface area contributed by atoms with Gasteiger partial charge in [0, 0.05) is 25.3 Å². The standard InChI is InChI=1S/C22H33NO6/c1-13(11-16(24)18-19(25)17(27-6)9-10-23-18)21(26)29-14(2)20(22(3,4)5)28-12-15-7-8-15/h9-10,13-15,20,25H,7-8,11-12H2,1-6H3/t13-,14+,20+/m1/s1. The minimum absolute atomic E-state index is 0.114. The van der Waals surface area contributed by atoms with E-state index in [1.807, 2.05) is 6.92 Å². The summed E-state index contributed by atoms with van der Waals surface area (Å²) >= 11 is 0. The molecule has 0 aromatic carbocycles. The molecule has 1 heterocycles. The molecule has 2 rings (SSSR count). The van der Waals surface area contributed by atoms with E-state index in [0.717, 1.165) is 0 Å². The molecule has 1 aromatic heterocycles. The molecule has 162 valence electrons. The molecule has 1 aliphatic carbocycles. The molecule has 0 radical (unpaired) electrons. The van der Waals surface area contributed by atoms with Crippen LogP contribution in [0.5, 0.6) is 11.5 Å². The maximum atomic E-state index is 12.6. The van der Waals surface area contributed by atoms with Gasteiger partial charge in [0.15, 0.2) is 23.0 Å². The number of pyridine rings is 1. The van der Waals surface area contributed by atoms with Crippen molar-refractivity contribution in [3.8, 4) is 11.5 Å². The van der Waals surface area contributed by atoms with E-state index in [9.17, 15) is 14.7 Å². The Morgan fingerprint density at radius 1 is 1.28 bits per heavy atom. The zero-order chi connectivity index (χ0) is 21.8. The summed E-state index contributed by atoms with van der Waals surface area (Å²) in [4.78, 5) is 29.0. The highest BCUT2D eigenvalue weighted by Gasteiger charge is 2.36. The van der Waals surface area contributed by atoms with E-state index in [4.69, 9.17) is 14.2 Å². The Kier molecular flexibility index (Phi) is 7.63. The Morgan fingerprint density at radius 2 is 1.93 bits per heavy atom. The third-order valence-corrected chi connectivity index (χ3v) is 5.06. The van der Waals surface area contributed by atoms with Gasteiger partial charge in [-0.15, -0.1) is 0 Å². The van der Waals surface area contributed by atoms with Crippen molar-refractivity contribution in [1.82, 2.24) is 4.98 Å². The van der Waals surface area contributed by atoms with E-state index in [2.05, 4.69) is 25.8 Å². The molecule has 7 nitrogen and oxygen atoms in total. The number of ketones is 1. The fourth-order valence-electron chi connectivity index (χ4n) is 3.24. The van der Waals surface area contributed by atoms with Crippen molar-refractivity contribution in [2.45, 2.75) is 66.1 Å². The van der Waals surface area contributed by atoms with Crippen LogP contribution in [0, 0.1) is 17.3 Å². The lowest BCUT2D eigenvalue weighted by Gasteiger charge is -2.35. The van der Waals surface area contributed by atoms with Gasteiger partial charge in [-0.3, -0.25) is 9.59 Å². The highest BCUT2D eigenvalue weighted by Crippen LogP contribution is 2.33. The predicted molar refractivity (Wildman–Crippen MR) is 108 cm³/mol. The van der Waals surface area contributed by atoms with Gasteiger partial charge < -0.3 is 19.3 Å². The Labute approximate surface area is 172 Å². The SMILES string of the molecule is COc1ccnc(C(=O)C[C@@H](C)C(=O)O[C@@H](C)[C@H](OCC2CC2)C(C)(C)C)c1O. The quantitative estimate of drug-likeness (QED) is 0.466. The molecule has 1 aromatic rings. The Bertz CT molecular complexity index is 723. The molecule has 1 N–H and O–H groups in total. The van der Waals surface area contributed by atoms with Crippen molar-refractivity contribution in [3.05, 3.63) is 18.0 Å². The molecule has 0 spiro atoms. The van der Waals surface area contributed by atoms with E-state index in [-0.39, 0.29) is 35.1 Å². The topological polar surface area (TPSA) is 95.0 Å². The highest BCUT2D eigenvalue weighted by atomic mass is 16.6. The third-order valence-electron chi connectivity index (χ3n) is 5.06. The molecule has 29 heavy (non-hydrogen) atoms. The minimum atomic E-state index is -0.679. The van der Waals surface area contributed by atoms with Gasteiger partial charge in [-0.05, 0) is 31.1 Å². The first kappa shape index (κ1) is 23.1. The molecule has 0 saturated heterocycles. The van der Waals surface area contributed by atoms with Crippen LogP contribution >= 0.6 is 0 Å². The number of carbonyl (C=O) groups excluding carboxylic acids is 2. The highest BCUT2D eigenvalue weighted by molar-refractivity contribution is 5.99. The van der Waals surface area contributed by atoms with Crippen molar-refractivity contribution < 1.29 is 28.9 Å². The number of nitrogens with zero attached hydrogens (tertiary/aromatic N) is 1. The van der Waals surface area contributed by atoms with Crippen molar-refractivity contribution in [1.29, 1.82) is 0 Å². The molecule has 3 atom stereocenters. The average molecular weight is 408 g/mol. The van der Waals surface area contributed by atoms with Gasteiger partial charge in [0.25, 0.3) is 0 Å². The lowest BCUT2D eigenvalue weighted by Crippen LogP contribution is -2.42. The van der Waals surface area contributed by atoms with Crippen LogP contribution in [0.4, 0.5) is 0 Å². The molecule has 1 saturated carbocycles. The summed E-state index contributed by atoms with van der Waals surface area (Å²) in [5, 5.41) is 10.1. The summed E-state index contributed by atoms with van der Waals surface area (Å²) in [5.41, 5.74) is -0.304. The van der Waals surface area contributed by atoms with Gasteiger partial charge in [-0.1, -0.05) is 27.7 Å². The zero-order valence-electron chi connectivity index (χ0n) is 18.2. The van der Waals surface area contributed by atoms with Crippen molar-refractivity contribution in [2.24, 2.45) is 17.3 Å². The van der Waals surface area contributed by atoms with Gasteiger partial charge in [0.1, 0.15) is 6.10 Å². The summed E-state index contributed by atoms with van der Waals surface area (Å²) in [7, 11) is 1.39. The molecular weight excluding hydrogens is 374 g/mol. The van der Waals surface area contributed by atoms with Gasteiger partial charge >= 0.3 is 5.97 Å². The fourth-order valence-corrected chi connectivity index (χ4v) is 3.24. The maximum Gasteiger partial charge on any atom is 0.309 e. The van der Waals surface area contributed by atoms with Crippen LogP contribution in [-0.4, -0.2) is 47.8 Å². The fraction of sp³-hybridized carbons (Fsp3) is 0.682. The number of hydrogen-bond acceptors (Lipinski definition) is 7. The maximum absolute atomic E-state index is 12.6. The first-order valence-electron chi connectivity index (χ1n) is 10.1. The average Bonchev–Trinajstić information content (AvgIpc) is 3.45. The second kappa shape index (κ2) is 9.57. The number of aromatic nitrogens is 1. The van der Waals surface area contributed by atoms with Crippen LogP contribution in [0.2, 0.25) is 0 Å². The number of methoxy groups -OCH3 is 1. The van der Waals surface area contributed by atoms with Crippen molar-refractivity contribution >= 4 is 11.8 Å². The van der Waals surface area contributed by atoms with E-state index in [0.29, 0.717) is 12.5 Å². The molecular formula is C22H33NO6. The largest absolute Gasteiger partial charge is 0.503 e. The third kappa shape index (κ3) is 6.42. The first-order chi connectivity index (χ1) is 13.5. The van der Waals surface area contributed by atoms with Gasteiger partial charge in [0.2, 0.25) is 0 Å².